The zero-order valence-corrected chi connectivity index (χ0v) is 16.0. The monoisotopic (exact) mass is 395 g/mol. The summed E-state index contributed by atoms with van der Waals surface area (Å²) in [6.45, 7) is 4.14. The van der Waals surface area contributed by atoms with Gasteiger partial charge >= 0.3 is 0 Å². The number of carbonyl (C=O) groups is 1. The summed E-state index contributed by atoms with van der Waals surface area (Å²) < 4.78 is 12.0. The van der Waals surface area contributed by atoms with Crippen LogP contribution in [0.2, 0.25) is 0 Å². The van der Waals surface area contributed by atoms with E-state index in [1.165, 1.54) is 17.4 Å². The standard InChI is InChI=1S/C20H17N3O4S/c1-2-3-17(25)22-13-4-5-21-15(10-13)14-12-28-20-16(24)11-18(27-19(14)20)23-6-8-26-9-7-23/h4-5,10-12H,6-9H2,1H3,(H,21,22,25). The van der Waals surface area contributed by atoms with E-state index in [1.54, 1.807) is 25.3 Å². The summed E-state index contributed by atoms with van der Waals surface area (Å²) in [5.41, 5.74) is 2.31. The van der Waals surface area contributed by atoms with Crippen LogP contribution in [0, 0.1) is 11.8 Å². The lowest BCUT2D eigenvalue weighted by molar-refractivity contribution is -0.111. The maximum atomic E-state index is 12.6. The number of thiophene rings is 1. The van der Waals surface area contributed by atoms with Gasteiger partial charge in [0, 0.05) is 36.4 Å². The molecule has 7 nitrogen and oxygen atoms in total. The molecule has 0 unspecified atom stereocenters. The average Bonchev–Trinajstić information content (AvgIpc) is 3.14. The van der Waals surface area contributed by atoms with Crippen molar-refractivity contribution in [2.75, 3.05) is 36.5 Å². The molecular weight excluding hydrogens is 378 g/mol. The first-order valence-corrected chi connectivity index (χ1v) is 9.62. The molecule has 3 aromatic rings. The second-order valence-electron chi connectivity index (χ2n) is 6.11. The number of hydrogen-bond acceptors (Lipinski definition) is 7. The lowest BCUT2D eigenvalue weighted by Gasteiger charge is -2.27. The molecule has 4 heterocycles. The van der Waals surface area contributed by atoms with Crippen LogP contribution in [-0.4, -0.2) is 37.2 Å². The number of pyridine rings is 1. The van der Waals surface area contributed by atoms with Crippen molar-refractivity contribution in [2.24, 2.45) is 0 Å². The van der Waals surface area contributed by atoms with Gasteiger partial charge in [-0.3, -0.25) is 14.6 Å². The van der Waals surface area contributed by atoms with Gasteiger partial charge in [0.05, 0.1) is 24.5 Å². The molecule has 0 aliphatic carbocycles. The predicted molar refractivity (Wildman–Crippen MR) is 109 cm³/mol. The Hall–Kier alpha value is -3.15. The highest BCUT2D eigenvalue weighted by Gasteiger charge is 2.19. The molecular formula is C20H17N3O4S. The highest BCUT2D eigenvalue weighted by atomic mass is 32.1. The summed E-state index contributed by atoms with van der Waals surface area (Å²) in [4.78, 5) is 30.7. The van der Waals surface area contributed by atoms with Crippen LogP contribution in [0.1, 0.15) is 6.92 Å². The molecule has 28 heavy (non-hydrogen) atoms. The predicted octanol–water partition coefficient (Wildman–Crippen LogP) is 2.71. The molecule has 142 valence electrons. The van der Waals surface area contributed by atoms with Gasteiger partial charge in [-0.15, -0.1) is 11.3 Å². The van der Waals surface area contributed by atoms with Crippen molar-refractivity contribution in [1.82, 2.24) is 4.98 Å². The van der Waals surface area contributed by atoms with Gasteiger partial charge in [-0.1, -0.05) is 5.92 Å². The van der Waals surface area contributed by atoms with Gasteiger partial charge in [-0.05, 0) is 25.0 Å². The third-order valence-electron chi connectivity index (χ3n) is 4.29. The Balaban J connectivity index is 1.74. The second kappa shape index (κ2) is 7.84. The summed E-state index contributed by atoms with van der Waals surface area (Å²) in [5.74, 6) is 5.13. The van der Waals surface area contributed by atoms with Crippen LogP contribution in [0.15, 0.2) is 39.0 Å². The van der Waals surface area contributed by atoms with Gasteiger partial charge in [-0.25, -0.2) is 0 Å². The first kappa shape index (κ1) is 18.2. The van der Waals surface area contributed by atoms with E-state index in [0.717, 1.165) is 0 Å². The number of amides is 1. The molecule has 1 aliphatic rings. The van der Waals surface area contributed by atoms with Gasteiger partial charge in [0.1, 0.15) is 4.70 Å². The minimum Gasteiger partial charge on any atom is -0.439 e. The lowest BCUT2D eigenvalue weighted by atomic mass is 10.2. The van der Waals surface area contributed by atoms with E-state index in [0.29, 0.717) is 59.4 Å². The number of aromatic nitrogens is 1. The van der Waals surface area contributed by atoms with Crippen molar-refractivity contribution >= 4 is 39.1 Å². The summed E-state index contributed by atoms with van der Waals surface area (Å²) in [6.07, 6.45) is 1.59. The lowest BCUT2D eigenvalue weighted by Crippen LogP contribution is -2.36. The van der Waals surface area contributed by atoms with Crippen LogP contribution >= 0.6 is 11.3 Å². The van der Waals surface area contributed by atoms with Gasteiger partial charge in [-0.2, -0.15) is 0 Å². The van der Waals surface area contributed by atoms with Crippen molar-refractivity contribution in [3.63, 3.8) is 0 Å². The SMILES string of the molecule is CC#CC(=O)Nc1ccnc(-c2csc3c(=O)cc(N4CCOCC4)oc23)c1. The first-order valence-electron chi connectivity index (χ1n) is 8.74. The highest BCUT2D eigenvalue weighted by Crippen LogP contribution is 2.34. The molecule has 1 N–H and O–H groups in total. The number of rotatable bonds is 3. The third kappa shape index (κ3) is 3.63. The second-order valence-corrected chi connectivity index (χ2v) is 6.99. The molecule has 0 spiro atoms. The largest absolute Gasteiger partial charge is 0.439 e. The fraction of sp³-hybridized carbons (Fsp3) is 0.250. The molecule has 1 saturated heterocycles. The van der Waals surface area contributed by atoms with Crippen LogP contribution < -0.4 is 15.6 Å². The van der Waals surface area contributed by atoms with Crippen molar-refractivity contribution in [2.45, 2.75) is 6.92 Å². The molecule has 0 aromatic carbocycles. The fourth-order valence-corrected chi connectivity index (χ4v) is 3.88. The van der Waals surface area contributed by atoms with E-state index in [4.69, 9.17) is 9.15 Å². The average molecular weight is 395 g/mol. The molecule has 1 fully saturated rings. The zero-order chi connectivity index (χ0) is 19.5. The number of hydrogen-bond donors (Lipinski definition) is 1. The van der Waals surface area contributed by atoms with Gasteiger partial charge in [0.15, 0.2) is 11.5 Å². The van der Waals surface area contributed by atoms with Gasteiger partial charge in [0.25, 0.3) is 5.91 Å². The summed E-state index contributed by atoms with van der Waals surface area (Å²) in [6, 6.07) is 4.95. The summed E-state index contributed by atoms with van der Waals surface area (Å²) in [7, 11) is 0. The molecule has 3 aromatic heterocycles. The van der Waals surface area contributed by atoms with Crippen LogP contribution in [0.3, 0.4) is 0 Å². The highest BCUT2D eigenvalue weighted by molar-refractivity contribution is 7.17. The molecule has 0 atom stereocenters. The number of fused-ring (bicyclic) bond motifs is 1. The minimum atomic E-state index is -0.393. The van der Waals surface area contributed by atoms with Gasteiger partial charge in [0.2, 0.25) is 5.43 Å². The van der Waals surface area contributed by atoms with E-state index in [9.17, 15) is 9.59 Å². The topological polar surface area (TPSA) is 84.7 Å². The van der Waals surface area contributed by atoms with E-state index < -0.39 is 5.91 Å². The van der Waals surface area contributed by atoms with Crippen molar-refractivity contribution in [1.29, 1.82) is 0 Å². The molecule has 0 bridgehead atoms. The molecule has 1 amide bonds. The minimum absolute atomic E-state index is 0.0818. The molecule has 4 rings (SSSR count). The number of nitrogens with one attached hydrogen (secondary N) is 1. The van der Waals surface area contributed by atoms with Crippen LogP contribution in [0.5, 0.6) is 0 Å². The molecule has 1 aliphatic heterocycles. The third-order valence-corrected chi connectivity index (χ3v) is 5.26. The van der Waals surface area contributed by atoms with Gasteiger partial charge < -0.3 is 19.4 Å². The summed E-state index contributed by atoms with van der Waals surface area (Å²) >= 11 is 1.32. The Morgan fingerprint density at radius 2 is 2.14 bits per heavy atom. The fourth-order valence-electron chi connectivity index (χ4n) is 2.98. The normalized spacial score (nSPS) is 13.8. The maximum absolute atomic E-state index is 12.6. The number of ether oxygens (including phenoxy) is 1. The van der Waals surface area contributed by atoms with Crippen molar-refractivity contribution in [3.05, 3.63) is 40.0 Å². The quantitative estimate of drug-likeness (QED) is 0.687. The van der Waals surface area contributed by atoms with E-state index in [1.807, 2.05) is 10.3 Å². The van der Waals surface area contributed by atoms with E-state index in [-0.39, 0.29) is 5.43 Å². The smallest absolute Gasteiger partial charge is 0.300 e. The first-order chi connectivity index (χ1) is 13.7. The van der Waals surface area contributed by atoms with Crippen molar-refractivity contribution < 1.29 is 13.9 Å². The number of morpholine rings is 1. The molecule has 8 heteroatoms. The van der Waals surface area contributed by atoms with Crippen LogP contribution in [-0.2, 0) is 9.53 Å². The van der Waals surface area contributed by atoms with E-state index in [2.05, 4.69) is 22.1 Å². The van der Waals surface area contributed by atoms with E-state index >= 15 is 0 Å². The van der Waals surface area contributed by atoms with Crippen molar-refractivity contribution in [3.8, 4) is 23.1 Å². The van der Waals surface area contributed by atoms with Crippen LogP contribution in [0.4, 0.5) is 11.6 Å². The summed E-state index contributed by atoms with van der Waals surface area (Å²) in [5, 5.41) is 4.55. The number of nitrogens with zero attached hydrogens (tertiary/aromatic N) is 2. The Labute approximate surface area is 164 Å². The maximum Gasteiger partial charge on any atom is 0.300 e. The molecule has 0 radical (unpaired) electrons. The molecule has 0 saturated carbocycles. The Morgan fingerprint density at radius 3 is 2.93 bits per heavy atom. The number of anilines is 2. The Kier molecular flexibility index (Phi) is 5.10. The Bertz CT molecular complexity index is 1150. The number of carbonyl (C=O) groups excluding carboxylic acids is 1. The zero-order valence-electron chi connectivity index (χ0n) is 15.2. The Morgan fingerprint density at radius 1 is 1.32 bits per heavy atom. The van der Waals surface area contributed by atoms with Crippen LogP contribution in [0.25, 0.3) is 21.5 Å².